The average Bonchev–Trinajstić information content (AvgIpc) is 2.53. The Labute approximate surface area is 118 Å². The summed E-state index contributed by atoms with van der Waals surface area (Å²) in [7, 11) is 0. The third-order valence-corrected chi connectivity index (χ3v) is 3.90. The van der Waals surface area contributed by atoms with Gasteiger partial charge in [0, 0.05) is 12.2 Å². The lowest BCUT2D eigenvalue weighted by atomic mass is 9.83. The smallest absolute Gasteiger partial charge is 0.379 e. The van der Waals surface area contributed by atoms with Gasteiger partial charge in [0.1, 0.15) is 0 Å². The van der Waals surface area contributed by atoms with Crippen LogP contribution in [0.15, 0.2) is 30.3 Å². The Hall–Kier alpha value is -1.68. The van der Waals surface area contributed by atoms with Gasteiger partial charge < -0.3 is 9.84 Å². The molecule has 1 N–H and O–H groups in total. The SMILES string of the molecule is O=C(OCC1CCC(CO)CC1)C(=O)c1ccccc1. The number of benzene rings is 1. The summed E-state index contributed by atoms with van der Waals surface area (Å²) in [5.41, 5.74) is 0.362. The monoisotopic (exact) mass is 276 g/mol. The van der Waals surface area contributed by atoms with E-state index in [2.05, 4.69) is 0 Å². The fraction of sp³-hybridized carbons (Fsp3) is 0.500. The van der Waals surface area contributed by atoms with Gasteiger partial charge >= 0.3 is 5.97 Å². The maximum absolute atomic E-state index is 11.8. The molecule has 0 unspecified atom stereocenters. The van der Waals surface area contributed by atoms with Crippen LogP contribution in [0.2, 0.25) is 0 Å². The van der Waals surface area contributed by atoms with Crippen LogP contribution in [0.3, 0.4) is 0 Å². The van der Waals surface area contributed by atoms with Crippen LogP contribution >= 0.6 is 0 Å². The first-order valence-electron chi connectivity index (χ1n) is 7.08. The second kappa shape index (κ2) is 7.20. The summed E-state index contributed by atoms with van der Waals surface area (Å²) in [4.78, 5) is 23.5. The summed E-state index contributed by atoms with van der Waals surface area (Å²) in [5.74, 6) is -0.673. The highest BCUT2D eigenvalue weighted by molar-refractivity contribution is 6.40. The van der Waals surface area contributed by atoms with Crippen molar-refractivity contribution in [1.82, 2.24) is 0 Å². The van der Waals surface area contributed by atoms with Gasteiger partial charge in [0.2, 0.25) is 0 Å². The fourth-order valence-electron chi connectivity index (χ4n) is 2.55. The first-order chi connectivity index (χ1) is 9.70. The molecule has 0 spiro atoms. The second-order valence-electron chi connectivity index (χ2n) is 5.36. The van der Waals surface area contributed by atoms with Crippen LogP contribution < -0.4 is 0 Å². The van der Waals surface area contributed by atoms with E-state index in [1.807, 2.05) is 0 Å². The molecule has 1 saturated carbocycles. The minimum Gasteiger partial charge on any atom is -0.459 e. The van der Waals surface area contributed by atoms with Crippen LogP contribution in [-0.2, 0) is 9.53 Å². The number of carbonyl (C=O) groups is 2. The highest BCUT2D eigenvalue weighted by atomic mass is 16.5. The van der Waals surface area contributed by atoms with Crippen molar-refractivity contribution in [3.8, 4) is 0 Å². The normalized spacial score (nSPS) is 22.2. The Balaban J connectivity index is 1.77. The van der Waals surface area contributed by atoms with Crippen molar-refractivity contribution < 1.29 is 19.4 Å². The van der Waals surface area contributed by atoms with Crippen LogP contribution in [0, 0.1) is 11.8 Å². The zero-order chi connectivity index (χ0) is 14.4. The van der Waals surface area contributed by atoms with Crippen LogP contribution in [-0.4, -0.2) is 30.1 Å². The lowest BCUT2D eigenvalue weighted by Gasteiger charge is -2.26. The molecule has 2 rings (SSSR count). The van der Waals surface area contributed by atoms with Crippen molar-refractivity contribution in [2.75, 3.05) is 13.2 Å². The molecule has 108 valence electrons. The summed E-state index contributed by atoms with van der Waals surface area (Å²) in [5, 5.41) is 9.06. The molecular formula is C16H20O4. The number of carbonyl (C=O) groups excluding carboxylic acids is 2. The maximum atomic E-state index is 11.8. The van der Waals surface area contributed by atoms with Crippen molar-refractivity contribution in [2.24, 2.45) is 11.8 Å². The average molecular weight is 276 g/mol. The van der Waals surface area contributed by atoms with Gasteiger partial charge in [-0.05, 0) is 37.5 Å². The number of ether oxygens (including phenoxy) is 1. The van der Waals surface area contributed by atoms with Gasteiger partial charge in [0.05, 0.1) is 6.61 Å². The highest BCUT2D eigenvalue weighted by Gasteiger charge is 2.23. The van der Waals surface area contributed by atoms with Gasteiger partial charge in [-0.15, -0.1) is 0 Å². The Bertz CT molecular complexity index is 447. The maximum Gasteiger partial charge on any atom is 0.379 e. The molecule has 0 radical (unpaired) electrons. The first-order valence-corrected chi connectivity index (χ1v) is 7.08. The van der Waals surface area contributed by atoms with Crippen molar-refractivity contribution in [3.63, 3.8) is 0 Å². The van der Waals surface area contributed by atoms with Gasteiger partial charge in [-0.25, -0.2) is 4.79 Å². The lowest BCUT2D eigenvalue weighted by Crippen LogP contribution is -2.25. The quantitative estimate of drug-likeness (QED) is 0.509. The van der Waals surface area contributed by atoms with E-state index in [0.29, 0.717) is 24.0 Å². The molecular weight excluding hydrogens is 256 g/mol. The minimum absolute atomic E-state index is 0.235. The molecule has 1 aromatic rings. The molecule has 20 heavy (non-hydrogen) atoms. The molecule has 1 aliphatic rings. The van der Waals surface area contributed by atoms with E-state index < -0.39 is 11.8 Å². The van der Waals surface area contributed by atoms with Gasteiger partial charge in [-0.2, -0.15) is 0 Å². The van der Waals surface area contributed by atoms with E-state index in [4.69, 9.17) is 9.84 Å². The summed E-state index contributed by atoms with van der Waals surface area (Å²) < 4.78 is 5.12. The molecule has 0 bridgehead atoms. The van der Waals surface area contributed by atoms with E-state index in [-0.39, 0.29) is 6.61 Å². The number of hydrogen-bond donors (Lipinski definition) is 1. The third kappa shape index (κ3) is 3.90. The first kappa shape index (κ1) is 14.7. The molecule has 0 amide bonds. The minimum atomic E-state index is -0.777. The zero-order valence-corrected chi connectivity index (χ0v) is 11.5. The number of aliphatic hydroxyl groups is 1. The summed E-state index contributed by atoms with van der Waals surface area (Å²) in [6.45, 7) is 0.536. The highest BCUT2D eigenvalue weighted by Crippen LogP contribution is 2.28. The Morgan fingerprint density at radius 1 is 1.05 bits per heavy atom. The molecule has 0 atom stereocenters. The number of hydrogen-bond acceptors (Lipinski definition) is 4. The van der Waals surface area contributed by atoms with Crippen molar-refractivity contribution >= 4 is 11.8 Å². The predicted octanol–water partition coefficient (Wildman–Crippen LogP) is 2.21. The summed E-state index contributed by atoms with van der Waals surface area (Å²) >= 11 is 0. The largest absolute Gasteiger partial charge is 0.459 e. The Kier molecular flexibility index (Phi) is 5.30. The fourth-order valence-corrected chi connectivity index (χ4v) is 2.55. The van der Waals surface area contributed by atoms with Crippen LogP contribution in [0.4, 0.5) is 0 Å². The topological polar surface area (TPSA) is 63.6 Å². The van der Waals surface area contributed by atoms with Crippen LogP contribution in [0.1, 0.15) is 36.0 Å². The van der Waals surface area contributed by atoms with E-state index in [1.54, 1.807) is 30.3 Å². The molecule has 0 saturated heterocycles. The third-order valence-electron chi connectivity index (χ3n) is 3.90. The molecule has 0 aliphatic heterocycles. The van der Waals surface area contributed by atoms with E-state index in [1.165, 1.54) is 0 Å². The molecule has 4 heteroatoms. The standard InChI is InChI=1S/C16H20O4/c17-10-12-6-8-13(9-7-12)11-20-16(19)15(18)14-4-2-1-3-5-14/h1-5,12-13,17H,6-11H2. The Morgan fingerprint density at radius 3 is 2.25 bits per heavy atom. The van der Waals surface area contributed by atoms with E-state index in [9.17, 15) is 9.59 Å². The van der Waals surface area contributed by atoms with Crippen molar-refractivity contribution in [2.45, 2.75) is 25.7 Å². The van der Waals surface area contributed by atoms with E-state index in [0.717, 1.165) is 25.7 Å². The number of esters is 1. The predicted molar refractivity (Wildman–Crippen MR) is 74.3 cm³/mol. The molecule has 0 heterocycles. The summed E-state index contributed by atoms with van der Waals surface area (Å²) in [6.07, 6.45) is 3.81. The molecule has 1 aliphatic carbocycles. The van der Waals surface area contributed by atoms with Gasteiger partial charge in [-0.3, -0.25) is 4.79 Å². The molecule has 4 nitrogen and oxygen atoms in total. The lowest BCUT2D eigenvalue weighted by molar-refractivity contribution is -0.139. The number of Topliss-reactive ketones (excluding diaryl/α,β-unsaturated/α-hetero) is 1. The number of rotatable bonds is 5. The molecule has 0 aromatic heterocycles. The zero-order valence-electron chi connectivity index (χ0n) is 11.5. The number of ketones is 1. The summed E-state index contributed by atoms with van der Waals surface area (Å²) in [6, 6.07) is 8.45. The van der Waals surface area contributed by atoms with Crippen molar-refractivity contribution in [1.29, 1.82) is 0 Å². The van der Waals surface area contributed by atoms with E-state index >= 15 is 0 Å². The van der Waals surface area contributed by atoms with Gasteiger partial charge in [-0.1, -0.05) is 30.3 Å². The van der Waals surface area contributed by atoms with Gasteiger partial charge in [0.25, 0.3) is 5.78 Å². The second-order valence-corrected chi connectivity index (χ2v) is 5.36. The Morgan fingerprint density at radius 2 is 1.65 bits per heavy atom. The van der Waals surface area contributed by atoms with Crippen LogP contribution in [0.25, 0.3) is 0 Å². The van der Waals surface area contributed by atoms with Gasteiger partial charge in [0.15, 0.2) is 0 Å². The molecule has 1 fully saturated rings. The number of aliphatic hydroxyl groups excluding tert-OH is 1. The van der Waals surface area contributed by atoms with Crippen molar-refractivity contribution in [3.05, 3.63) is 35.9 Å². The van der Waals surface area contributed by atoms with Crippen LogP contribution in [0.5, 0.6) is 0 Å². The molecule has 1 aromatic carbocycles.